The van der Waals surface area contributed by atoms with Gasteiger partial charge in [-0.05, 0) is 17.2 Å². The molecule has 18 heavy (non-hydrogen) atoms. The van der Waals surface area contributed by atoms with Gasteiger partial charge in [0.1, 0.15) is 6.61 Å². The summed E-state index contributed by atoms with van der Waals surface area (Å²) in [7, 11) is 0. The molecule has 0 radical (unpaired) electrons. The predicted molar refractivity (Wildman–Crippen MR) is 69.2 cm³/mol. The Labute approximate surface area is 110 Å². The van der Waals surface area contributed by atoms with E-state index in [4.69, 9.17) is 16.3 Å². The van der Waals surface area contributed by atoms with E-state index in [1.807, 2.05) is 30.3 Å². The molecule has 0 aliphatic heterocycles. The van der Waals surface area contributed by atoms with Crippen LogP contribution in [-0.2, 0) is 22.6 Å². The Kier molecular flexibility index (Phi) is 4.31. The molecule has 0 saturated heterocycles. The molecule has 1 heterocycles. The van der Waals surface area contributed by atoms with Gasteiger partial charge in [-0.1, -0.05) is 41.9 Å². The molecule has 92 valence electrons. The van der Waals surface area contributed by atoms with Crippen molar-refractivity contribution in [3.8, 4) is 0 Å². The van der Waals surface area contributed by atoms with E-state index in [2.05, 4.69) is 4.98 Å². The van der Waals surface area contributed by atoms with Crippen LogP contribution in [0.2, 0.25) is 5.02 Å². The number of rotatable bonds is 4. The van der Waals surface area contributed by atoms with Gasteiger partial charge in [-0.2, -0.15) is 0 Å². The first-order chi connectivity index (χ1) is 8.74. The van der Waals surface area contributed by atoms with Gasteiger partial charge in [0.05, 0.1) is 11.4 Å². The molecule has 1 aromatic carbocycles. The fraction of sp³-hybridized carbons (Fsp3) is 0.143. The van der Waals surface area contributed by atoms with Crippen LogP contribution in [-0.4, -0.2) is 11.0 Å². The molecule has 0 fully saturated rings. The summed E-state index contributed by atoms with van der Waals surface area (Å²) in [5.41, 5.74) is 1.72. The number of halogens is 1. The van der Waals surface area contributed by atoms with Crippen molar-refractivity contribution in [3.63, 3.8) is 0 Å². The zero-order chi connectivity index (χ0) is 12.8. The molecular weight excluding hydrogens is 250 g/mol. The molecule has 0 N–H and O–H groups in total. The highest BCUT2D eigenvalue weighted by molar-refractivity contribution is 6.30. The monoisotopic (exact) mass is 261 g/mol. The molecule has 4 heteroatoms. The summed E-state index contributed by atoms with van der Waals surface area (Å²) in [6.45, 7) is 0.285. The second kappa shape index (κ2) is 6.17. The van der Waals surface area contributed by atoms with Gasteiger partial charge in [0.2, 0.25) is 0 Å². The van der Waals surface area contributed by atoms with Crippen LogP contribution < -0.4 is 0 Å². The predicted octanol–water partition coefficient (Wildman–Crippen LogP) is 3.02. The van der Waals surface area contributed by atoms with Gasteiger partial charge >= 0.3 is 5.97 Å². The minimum absolute atomic E-state index is 0.181. The van der Waals surface area contributed by atoms with Crippen molar-refractivity contribution in [1.29, 1.82) is 0 Å². The number of carbonyl (C=O) groups excluding carboxylic acids is 1. The first-order valence-corrected chi connectivity index (χ1v) is 5.91. The second-order valence-corrected chi connectivity index (χ2v) is 4.27. The lowest BCUT2D eigenvalue weighted by Gasteiger charge is -2.05. The number of hydrogen-bond acceptors (Lipinski definition) is 3. The Hall–Kier alpha value is -1.87. The Bertz CT molecular complexity index is 528. The molecule has 3 nitrogen and oxygen atoms in total. The number of ether oxygens (including phenoxy) is 1. The van der Waals surface area contributed by atoms with Crippen molar-refractivity contribution in [3.05, 3.63) is 64.9 Å². The minimum Gasteiger partial charge on any atom is -0.461 e. The average molecular weight is 262 g/mol. The van der Waals surface area contributed by atoms with Gasteiger partial charge < -0.3 is 4.74 Å². The molecule has 1 aromatic heterocycles. The zero-order valence-electron chi connectivity index (χ0n) is 9.67. The summed E-state index contributed by atoms with van der Waals surface area (Å²) in [6, 6.07) is 11.3. The lowest BCUT2D eigenvalue weighted by molar-refractivity contribution is -0.144. The van der Waals surface area contributed by atoms with Crippen LogP contribution in [0.15, 0.2) is 48.8 Å². The van der Waals surface area contributed by atoms with Gasteiger partial charge in [-0.25, -0.2) is 0 Å². The number of benzene rings is 1. The lowest BCUT2D eigenvalue weighted by Crippen LogP contribution is -2.08. The second-order valence-electron chi connectivity index (χ2n) is 3.83. The largest absolute Gasteiger partial charge is 0.461 e. The number of nitrogens with zero attached hydrogens (tertiary/aromatic N) is 1. The van der Waals surface area contributed by atoms with E-state index < -0.39 is 0 Å². The number of hydrogen-bond donors (Lipinski definition) is 0. The molecule has 0 aliphatic rings. The van der Waals surface area contributed by atoms with Crippen LogP contribution >= 0.6 is 11.6 Å². The highest BCUT2D eigenvalue weighted by Gasteiger charge is 2.06. The SMILES string of the molecule is O=C(Cc1cncc(Cl)c1)OCc1ccccc1. The maximum absolute atomic E-state index is 11.6. The molecule has 0 aliphatic carbocycles. The number of esters is 1. The molecule has 2 rings (SSSR count). The zero-order valence-corrected chi connectivity index (χ0v) is 10.4. The lowest BCUT2D eigenvalue weighted by atomic mass is 10.2. The van der Waals surface area contributed by atoms with Crippen LogP contribution in [0.4, 0.5) is 0 Å². The molecular formula is C14H12ClNO2. The topological polar surface area (TPSA) is 39.2 Å². The minimum atomic E-state index is -0.289. The van der Waals surface area contributed by atoms with E-state index in [9.17, 15) is 4.79 Å². The molecule has 0 amide bonds. The number of pyridine rings is 1. The highest BCUT2D eigenvalue weighted by atomic mass is 35.5. The smallest absolute Gasteiger partial charge is 0.310 e. The molecule has 0 saturated carbocycles. The Morgan fingerprint density at radius 1 is 1.17 bits per heavy atom. The fourth-order valence-electron chi connectivity index (χ4n) is 1.51. The molecule has 0 bridgehead atoms. The molecule has 0 unspecified atom stereocenters. The summed E-state index contributed by atoms with van der Waals surface area (Å²) in [5.74, 6) is -0.289. The van der Waals surface area contributed by atoms with Gasteiger partial charge in [-0.3, -0.25) is 9.78 Å². The molecule has 2 aromatic rings. The maximum Gasteiger partial charge on any atom is 0.310 e. The summed E-state index contributed by atoms with van der Waals surface area (Å²) in [5, 5.41) is 0.517. The Morgan fingerprint density at radius 3 is 2.67 bits per heavy atom. The van der Waals surface area contributed by atoms with Gasteiger partial charge in [-0.15, -0.1) is 0 Å². The van der Waals surface area contributed by atoms with Crippen LogP contribution in [0.5, 0.6) is 0 Å². The summed E-state index contributed by atoms with van der Waals surface area (Å²) in [6.07, 6.45) is 3.32. The number of carbonyl (C=O) groups is 1. The molecule has 0 atom stereocenters. The number of aromatic nitrogens is 1. The summed E-state index contributed by atoms with van der Waals surface area (Å²) in [4.78, 5) is 15.5. The van der Waals surface area contributed by atoms with Crippen LogP contribution in [0.3, 0.4) is 0 Å². The van der Waals surface area contributed by atoms with Gasteiger partial charge in [0.25, 0.3) is 0 Å². The van der Waals surface area contributed by atoms with Gasteiger partial charge in [0, 0.05) is 12.4 Å². The highest BCUT2D eigenvalue weighted by Crippen LogP contribution is 2.10. The molecule has 0 spiro atoms. The third kappa shape index (κ3) is 3.86. The van der Waals surface area contributed by atoms with Crippen molar-refractivity contribution in [1.82, 2.24) is 4.98 Å². The van der Waals surface area contributed by atoms with Crippen LogP contribution in [0.25, 0.3) is 0 Å². The van der Waals surface area contributed by atoms with E-state index in [1.54, 1.807) is 12.3 Å². The Balaban J connectivity index is 1.86. The van der Waals surface area contributed by atoms with Crippen LogP contribution in [0.1, 0.15) is 11.1 Å². The first kappa shape index (κ1) is 12.6. The van der Waals surface area contributed by atoms with E-state index in [0.29, 0.717) is 5.02 Å². The summed E-state index contributed by atoms with van der Waals surface area (Å²) < 4.78 is 5.16. The first-order valence-electron chi connectivity index (χ1n) is 5.53. The van der Waals surface area contributed by atoms with Crippen molar-refractivity contribution in [2.75, 3.05) is 0 Å². The van der Waals surface area contributed by atoms with E-state index in [-0.39, 0.29) is 19.0 Å². The fourth-order valence-corrected chi connectivity index (χ4v) is 1.70. The van der Waals surface area contributed by atoms with Crippen LogP contribution in [0, 0.1) is 0 Å². The van der Waals surface area contributed by atoms with E-state index in [0.717, 1.165) is 11.1 Å². The third-order valence-corrected chi connectivity index (χ3v) is 2.56. The average Bonchev–Trinajstić information content (AvgIpc) is 2.38. The van der Waals surface area contributed by atoms with E-state index in [1.165, 1.54) is 6.20 Å². The van der Waals surface area contributed by atoms with Crippen molar-refractivity contribution >= 4 is 17.6 Å². The van der Waals surface area contributed by atoms with E-state index >= 15 is 0 Å². The summed E-state index contributed by atoms with van der Waals surface area (Å²) >= 11 is 5.79. The normalized spacial score (nSPS) is 10.1. The van der Waals surface area contributed by atoms with Gasteiger partial charge in [0.15, 0.2) is 0 Å². The third-order valence-electron chi connectivity index (χ3n) is 2.35. The maximum atomic E-state index is 11.6. The Morgan fingerprint density at radius 2 is 1.94 bits per heavy atom. The quantitative estimate of drug-likeness (QED) is 0.794. The standard InChI is InChI=1S/C14H12ClNO2/c15-13-6-12(8-16-9-13)7-14(17)18-10-11-4-2-1-3-5-11/h1-6,8-9H,7,10H2. The van der Waals surface area contributed by atoms with Crippen molar-refractivity contribution in [2.45, 2.75) is 13.0 Å². The van der Waals surface area contributed by atoms with Crippen molar-refractivity contribution in [2.24, 2.45) is 0 Å². The van der Waals surface area contributed by atoms with Crippen molar-refractivity contribution < 1.29 is 9.53 Å².